The Morgan fingerprint density at radius 2 is 0.698 bits per heavy atom. The minimum absolute atomic E-state index is 1.16. The van der Waals surface area contributed by atoms with Crippen molar-refractivity contribution < 1.29 is 0 Å². The molecule has 0 aliphatic rings. The third kappa shape index (κ3) is 35.8. The molecule has 256 valence electrons. The molecule has 1 nitrogen and oxygen atoms in total. The first-order chi connectivity index (χ1) is 21.1. The van der Waals surface area contributed by atoms with Gasteiger partial charge in [-0.3, -0.25) is 4.90 Å². The van der Waals surface area contributed by atoms with Crippen LogP contribution < -0.4 is 0 Å². The van der Waals surface area contributed by atoms with Crippen LogP contribution in [0, 0.1) is 0 Å². The van der Waals surface area contributed by atoms with Gasteiger partial charge in [-0.15, -0.1) is 0 Å². The highest BCUT2D eigenvalue weighted by Crippen LogP contribution is 2.15. The van der Waals surface area contributed by atoms with Crippen LogP contribution in [-0.4, -0.2) is 24.5 Å². The second kappa shape index (κ2) is 35.9. The molecule has 0 saturated carbocycles. The maximum absolute atomic E-state index is 2.77. The molecule has 0 spiro atoms. The molecule has 0 bridgehead atoms. The summed E-state index contributed by atoms with van der Waals surface area (Å²) in [4.78, 5) is 2.77. The summed E-state index contributed by atoms with van der Waals surface area (Å²) in [6, 6.07) is 0. The predicted molar refractivity (Wildman–Crippen MR) is 199 cm³/mol. The van der Waals surface area contributed by atoms with Crippen LogP contribution in [0.5, 0.6) is 0 Å². The molecular formula is C42H83N. The lowest BCUT2D eigenvalue weighted by molar-refractivity contribution is 0.285. The molecule has 0 saturated heterocycles. The van der Waals surface area contributed by atoms with E-state index in [0.717, 1.165) is 6.54 Å². The van der Waals surface area contributed by atoms with Gasteiger partial charge in [-0.2, -0.15) is 0 Å². The van der Waals surface area contributed by atoms with Gasteiger partial charge in [0.15, 0.2) is 0 Å². The molecule has 0 aromatic carbocycles. The van der Waals surface area contributed by atoms with Crippen molar-refractivity contribution in [2.24, 2.45) is 0 Å². The monoisotopic (exact) mass is 602 g/mol. The summed E-state index contributed by atoms with van der Waals surface area (Å²) in [6.07, 6.45) is 47.9. The summed E-state index contributed by atoms with van der Waals surface area (Å²) in [5.41, 5.74) is 3.02. The fourth-order valence-electron chi connectivity index (χ4n) is 6.33. The zero-order valence-corrected chi connectivity index (χ0v) is 30.9. The van der Waals surface area contributed by atoms with Crippen molar-refractivity contribution >= 4 is 0 Å². The third-order valence-corrected chi connectivity index (χ3v) is 9.44. The van der Waals surface area contributed by atoms with Crippen LogP contribution in [0.1, 0.15) is 227 Å². The van der Waals surface area contributed by atoms with Gasteiger partial charge >= 0.3 is 0 Å². The molecular weight excluding hydrogens is 518 g/mol. The highest BCUT2D eigenvalue weighted by atomic mass is 15.1. The summed E-state index contributed by atoms with van der Waals surface area (Å²) in [5.74, 6) is 0. The zero-order valence-electron chi connectivity index (χ0n) is 30.9. The van der Waals surface area contributed by atoms with E-state index in [9.17, 15) is 0 Å². The lowest BCUT2D eigenvalue weighted by atomic mass is 10.0. The first-order valence-corrected chi connectivity index (χ1v) is 20.1. The molecule has 0 aliphatic carbocycles. The quantitative estimate of drug-likeness (QED) is 0.0516. The smallest absolute Gasteiger partial charge is 0.0165 e. The Morgan fingerprint density at radius 1 is 0.395 bits per heavy atom. The van der Waals surface area contributed by atoms with E-state index < -0.39 is 0 Å². The highest BCUT2D eigenvalue weighted by molar-refractivity contribution is 5.03. The Bertz CT molecular complexity index is 552. The first-order valence-electron chi connectivity index (χ1n) is 20.1. The number of hydrogen-bond donors (Lipinski definition) is 0. The maximum atomic E-state index is 2.77. The Balaban J connectivity index is 4.00. The number of hydrogen-bond acceptors (Lipinski definition) is 1. The van der Waals surface area contributed by atoms with Gasteiger partial charge in [-0.05, 0) is 59.5 Å². The van der Waals surface area contributed by atoms with Crippen LogP contribution in [0.15, 0.2) is 23.3 Å². The predicted octanol–water partition coefficient (Wildman–Crippen LogP) is 14.9. The van der Waals surface area contributed by atoms with Gasteiger partial charge in [-0.1, -0.05) is 204 Å². The molecule has 0 amide bonds. The number of nitrogens with zero attached hydrogens (tertiary/aromatic N) is 1. The van der Waals surface area contributed by atoms with Gasteiger partial charge in [0.1, 0.15) is 0 Å². The van der Waals surface area contributed by atoms with Crippen LogP contribution in [0.4, 0.5) is 0 Å². The molecule has 1 heteroatoms. The minimum Gasteiger partial charge on any atom is -0.300 e. The van der Waals surface area contributed by atoms with Crippen LogP contribution in [-0.2, 0) is 0 Å². The average Bonchev–Trinajstić information content (AvgIpc) is 2.99. The summed E-state index contributed by atoms with van der Waals surface area (Å²) >= 11 is 0. The summed E-state index contributed by atoms with van der Waals surface area (Å²) in [7, 11) is 0. The minimum atomic E-state index is 1.16. The molecule has 0 aliphatic heterocycles. The van der Waals surface area contributed by atoms with E-state index in [1.807, 2.05) is 0 Å². The number of rotatable bonds is 35. The second-order valence-electron chi connectivity index (χ2n) is 14.4. The fourth-order valence-corrected chi connectivity index (χ4v) is 6.33. The van der Waals surface area contributed by atoms with Gasteiger partial charge in [0.25, 0.3) is 0 Å². The first kappa shape index (κ1) is 42.4. The molecule has 0 rings (SSSR count). The molecule has 0 atom stereocenters. The van der Waals surface area contributed by atoms with Gasteiger partial charge in [0.2, 0.25) is 0 Å². The Kier molecular flexibility index (Phi) is 35.4. The van der Waals surface area contributed by atoms with Gasteiger partial charge in [-0.25, -0.2) is 0 Å². The van der Waals surface area contributed by atoms with E-state index in [2.05, 4.69) is 51.7 Å². The van der Waals surface area contributed by atoms with Gasteiger partial charge < -0.3 is 0 Å². The van der Waals surface area contributed by atoms with E-state index >= 15 is 0 Å². The highest BCUT2D eigenvalue weighted by Gasteiger charge is 2.04. The average molecular weight is 602 g/mol. The number of unbranched alkanes of at least 4 members (excludes halogenated alkanes) is 26. The van der Waals surface area contributed by atoms with Crippen LogP contribution in [0.25, 0.3) is 0 Å². The third-order valence-electron chi connectivity index (χ3n) is 9.44. The van der Waals surface area contributed by atoms with E-state index in [0.29, 0.717) is 0 Å². The molecule has 0 heterocycles. The Labute approximate surface area is 274 Å². The van der Waals surface area contributed by atoms with E-state index in [4.69, 9.17) is 0 Å². The SMILES string of the molecule is CCCCCCCCCCCCCCCCN(CC=C(C)CCC=C(C)C)CCCCCCCCCCCCCCCC. The molecule has 0 aromatic rings. The molecule has 0 radical (unpaired) electrons. The standard InChI is InChI=1S/C42H83N/c1-6-8-10-12-14-16-18-20-22-24-26-28-30-32-38-43(40-37-42(5)36-34-35-41(3)4)39-33-31-29-27-25-23-21-19-17-15-13-11-9-7-2/h35,37H,6-34,36,38-40H2,1-5H3. The van der Waals surface area contributed by atoms with Crippen LogP contribution >= 0.6 is 0 Å². The Morgan fingerprint density at radius 3 is 1.00 bits per heavy atom. The largest absolute Gasteiger partial charge is 0.300 e. The fraction of sp³-hybridized carbons (Fsp3) is 0.905. The van der Waals surface area contributed by atoms with Crippen molar-refractivity contribution in [1.29, 1.82) is 0 Å². The van der Waals surface area contributed by atoms with Crippen molar-refractivity contribution in [3.05, 3.63) is 23.3 Å². The zero-order chi connectivity index (χ0) is 31.5. The van der Waals surface area contributed by atoms with Crippen molar-refractivity contribution in [2.75, 3.05) is 19.6 Å². The molecule has 0 aromatic heterocycles. The van der Waals surface area contributed by atoms with Crippen molar-refractivity contribution in [3.8, 4) is 0 Å². The molecule has 0 N–H and O–H groups in total. The lowest BCUT2D eigenvalue weighted by Crippen LogP contribution is -2.26. The van der Waals surface area contributed by atoms with Crippen molar-refractivity contribution in [3.63, 3.8) is 0 Å². The van der Waals surface area contributed by atoms with Gasteiger partial charge in [0, 0.05) is 6.54 Å². The number of allylic oxidation sites excluding steroid dienone is 3. The summed E-state index contributed by atoms with van der Waals surface area (Å²) in [5, 5.41) is 0. The van der Waals surface area contributed by atoms with E-state index in [1.54, 1.807) is 5.57 Å². The normalized spacial score (nSPS) is 12.0. The van der Waals surface area contributed by atoms with E-state index in [-0.39, 0.29) is 0 Å². The topological polar surface area (TPSA) is 3.24 Å². The molecule has 0 unspecified atom stereocenters. The summed E-state index contributed by atoms with van der Waals surface area (Å²) in [6.45, 7) is 15.2. The lowest BCUT2D eigenvalue weighted by Gasteiger charge is -2.21. The summed E-state index contributed by atoms with van der Waals surface area (Å²) < 4.78 is 0. The maximum Gasteiger partial charge on any atom is 0.0165 e. The van der Waals surface area contributed by atoms with Crippen molar-refractivity contribution in [2.45, 2.75) is 227 Å². The van der Waals surface area contributed by atoms with Crippen molar-refractivity contribution in [1.82, 2.24) is 4.90 Å². The Hall–Kier alpha value is -0.560. The van der Waals surface area contributed by atoms with Gasteiger partial charge in [0.05, 0.1) is 0 Å². The second-order valence-corrected chi connectivity index (χ2v) is 14.4. The molecule has 0 fully saturated rings. The molecule has 43 heavy (non-hydrogen) atoms. The van der Waals surface area contributed by atoms with E-state index in [1.165, 1.54) is 211 Å². The van der Waals surface area contributed by atoms with Crippen LogP contribution in [0.3, 0.4) is 0 Å². The van der Waals surface area contributed by atoms with Crippen LogP contribution in [0.2, 0.25) is 0 Å².